The van der Waals surface area contributed by atoms with Crippen LogP contribution in [0.25, 0.3) is 0 Å². The Labute approximate surface area is 117 Å². The summed E-state index contributed by atoms with van der Waals surface area (Å²) < 4.78 is 5.85. The van der Waals surface area contributed by atoms with Crippen molar-refractivity contribution in [2.45, 2.75) is 52.2 Å². The molecule has 0 radical (unpaired) electrons. The topological polar surface area (TPSA) is 63.8 Å². The van der Waals surface area contributed by atoms with Crippen molar-refractivity contribution in [1.29, 1.82) is 0 Å². The SMILES string of the molecule is CCCc1nnsc1C(O)Cc1ccn(C(C)C)n1. The molecule has 2 heterocycles. The number of rotatable bonds is 6. The summed E-state index contributed by atoms with van der Waals surface area (Å²) in [5, 5.41) is 18.8. The van der Waals surface area contributed by atoms with Crippen LogP contribution in [0.4, 0.5) is 0 Å². The first-order valence-electron chi connectivity index (χ1n) is 6.65. The second-order valence-corrected chi connectivity index (χ2v) is 5.72. The van der Waals surface area contributed by atoms with E-state index in [0.717, 1.165) is 29.1 Å². The molecular formula is C13H20N4OS. The zero-order chi connectivity index (χ0) is 13.8. The highest BCUT2D eigenvalue weighted by Gasteiger charge is 2.18. The number of aromatic nitrogens is 4. The predicted octanol–water partition coefficient (Wildman–Crippen LogP) is 2.54. The number of hydrogen-bond acceptors (Lipinski definition) is 5. The van der Waals surface area contributed by atoms with Crippen molar-refractivity contribution < 1.29 is 5.11 Å². The lowest BCUT2D eigenvalue weighted by Gasteiger charge is -2.08. The Kier molecular flexibility index (Phi) is 4.66. The smallest absolute Gasteiger partial charge is 0.0973 e. The molecule has 0 aromatic carbocycles. The van der Waals surface area contributed by atoms with E-state index in [1.165, 1.54) is 11.5 Å². The van der Waals surface area contributed by atoms with Crippen LogP contribution in [0.1, 0.15) is 55.6 Å². The third kappa shape index (κ3) is 3.39. The van der Waals surface area contributed by atoms with E-state index in [2.05, 4.69) is 35.5 Å². The fourth-order valence-electron chi connectivity index (χ4n) is 1.94. The number of aliphatic hydroxyl groups is 1. The van der Waals surface area contributed by atoms with Gasteiger partial charge in [0.05, 0.1) is 22.4 Å². The van der Waals surface area contributed by atoms with Gasteiger partial charge in [0.2, 0.25) is 0 Å². The third-order valence-corrected chi connectivity index (χ3v) is 3.84. The summed E-state index contributed by atoms with van der Waals surface area (Å²) in [5.74, 6) is 0. The summed E-state index contributed by atoms with van der Waals surface area (Å²) in [7, 11) is 0. The average Bonchev–Trinajstić information content (AvgIpc) is 2.98. The van der Waals surface area contributed by atoms with E-state index in [9.17, 15) is 5.11 Å². The first-order chi connectivity index (χ1) is 9.11. The van der Waals surface area contributed by atoms with Crippen molar-refractivity contribution >= 4 is 11.5 Å². The third-order valence-electron chi connectivity index (χ3n) is 2.97. The van der Waals surface area contributed by atoms with Gasteiger partial charge in [0.1, 0.15) is 0 Å². The van der Waals surface area contributed by atoms with Crippen LogP contribution in [0.3, 0.4) is 0 Å². The number of nitrogens with zero attached hydrogens (tertiary/aromatic N) is 4. The molecule has 0 fully saturated rings. The Balaban J connectivity index is 2.07. The minimum atomic E-state index is -0.558. The molecule has 104 valence electrons. The summed E-state index contributed by atoms with van der Waals surface area (Å²) in [6, 6.07) is 2.29. The molecule has 0 aliphatic heterocycles. The van der Waals surface area contributed by atoms with E-state index < -0.39 is 6.10 Å². The van der Waals surface area contributed by atoms with Crippen molar-refractivity contribution in [2.75, 3.05) is 0 Å². The van der Waals surface area contributed by atoms with Crippen LogP contribution in [0, 0.1) is 0 Å². The Morgan fingerprint density at radius 2 is 2.21 bits per heavy atom. The second-order valence-electron chi connectivity index (χ2n) is 4.93. The molecule has 2 aromatic heterocycles. The van der Waals surface area contributed by atoms with Crippen molar-refractivity contribution in [3.8, 4) is 0 Å². The van der Waals surface area contributed by atoms with Crippen LogP contribution in [0.15, 0.2) is 12.3 Å². The minimum Gasteiger partial charge on any atom is -0.387 e. The Morgan fingerprint density at radius 1 is 1.42 bits per heavy atom. The molecule has 0 spiro atoms. The van der Waals surface area contributed by atoms with Gasteiger partial charge in [-0.15, -0.1) is 5.10 Å². The molecule has 0 aliphatic rings. The molecule has 1 N–H and O–H groups in total. The Bertz CT molecular complexity index is 520. The van der Waals surface area contributed by atoms with E-state index >= 15 is 0 Å². The van der Waals surface area contributed by atoms with E-state index in [0.29, 0.717) is 12.5 Å². The maximum atomic E-state index is 10.3. The lowest BCUT2D eigenvalue weighted by atomic mass is 10.1. The molecule has 5 nitrogen and oxygen atoms in total. The maximum absolute atomic E-state index is 10.3. The molecule has 0 saturated carbocycles. The van der Waals surface area contributed by atoms with E-state index in [4.69, 9.17) is 0 Å². The fourth-order valence-corrected chi connectivity index (χ4v) is 2.62. The van der Waals surface area contributed by atoms with Crippen LogP contribution in [0.5, 0.6) is 0 Å². The van der Waals surface area contributed by atoms with E-state index in [1.54, 1.807) is 0 Å². The standard InChI is InChI=1S/C13H20N4OS/c1-4-5-11-13(19-16-14-11)12(18)8-10-6-7-17(15-10)9(2)3/h6-7,9,12,18H,4-5,8H2,1-3H3. The van der Waals surface area contributed by atoms with Crippen molar-refractivity contribution in [2.24, 2.45) is 0 Å². The average molecular weight is 280 g/mol. The normalized spacial score (nSPS) is 13.1. The highest BCUT2D eigenvalue weighted by molar-refractivity contribution is 7.05. The molecule has 2 rings (SSSR count). The summed E-state index contributed by atoms with van der Waals surface area (Å²) in [6.07, 6.45) is 3.78. The summed E-state index contributed by atoms with van der Waals surface area (Å²) in [5.41, 5.74) is 1.82. The molecule has 19 heavy (non-hydrogen) atoms. The van der Waals surface area contributed by atoms with Gasteiger partial charge < -0.3 is 5.11 Å². The van der Waals surface area contributed by atoms with Crippen LogP contribution in [-0.4, -0.2) is 24.5 Å². The zero-order valence-electron chi connectivity index (χ0n) is 11.6. The van der Waals surface area contributed by atoms with Crippen LogP contribution in [0.2, 0.25) is 0 Å². The van der Waals surface area contributed by atoms with Gasteiger partial charge in [0, 0.05) is 18.7 Å². The summed E-state index contributed by atoms with van der Waals surface area (Å²) in [6.45, 7) is 6.26. The summed E-state index contributed by atoms with van der Waals surface area (Å²) >= 11 is 1.28. The highest BCUT2D eigenvalue weighted by Crippen LogP contribution is 2.24. The molecular weight excluding hydrogens is 260 g/mol. The van der Waals surface area contributed by atoms with Gasteiger partial charge in [0.15, 0.2) is 0 Å². The van der Waals surface area contributed by atoms with Crippen LogP contribution >= 0.6 is 11.5 Å². The molecule has 0 aliphatic carbocycles. The molecule has 2 aromatic rings. The number of aliphatic hydroxyl groups excluding tert-OH is 1. The van der Waals surface area contributed by atoms with E-state index in [1.807, 2.05) is 16.9 Å². The van der Waals surface area contributed by atoms with Gasteiger partial charge in [-0.25, -0.2) is 0 Å². The van der Waals surface area contributed by atoms with Gasteiger partial charge in [-0.3, -0.25) is 4.68 Å². The quantitative estimate of drug-likeness (QED) is 0.883. The number of aryl methyl sites for hydroxylation is 1. The van der Waals surface area contributed by atoms with Gasteiger partial charge in [0.25, 0.3) is 0 Å². The molecule has 0 saturated heterocycles. The molecule has 0 bridgehead atoms. The molecule has 1 atom stereocenters. The highest BCUT2D eigenvalue weighted by atomic mass is 32.1. The lowest BCUT2D eigenvalue weighted by molar-refractivity contribution is 0.179. The monoisotopic (exact) mass is 280 g/mol. The minimum absolute atomic E-state index is 0.339. The van der Waals surface area contributed by atoms with Gasteiger partial charge in [-0.1, -0.05) is 17.8 Å². The van der Waals surface area contributed by atoms with Gasteiger partial charge in [-0.2, -0.15) is 5.10 Å². The van der Waals surface area contributed by atoms with Gasteiger partial charge >= 0.3 is 0 Å². The van der Waals surface area contributed by atoms with Gasteiger partial charge in [-0.05, 0) is 37.9 Å². The van der Waals surface area contributed by atoms with Crippen molar-refractivity contribution in [1.82, 2.24) is 19.4 Å². The molecule has 6 heteroatoms. The largest absolute Gasteiger partial charge is 0.387 e. The molecule has 1 unspecified atom stereocenters. The Hall–Kier alpha value is -1.27. The first kappa shape index (κ1) is 14.1. The molecule has 0 amide bonds. The van der Waals surface area contributed by atoms with Crippen LogP contribution in [-0.2, 0) is 12.8 Å². The predicted molar refractivity (Wildman–Crippen MR) is 75.2 cm³/mol. The Morgan fingerprint density at radius 3 is 2.84 bits per heavy atom. The van der Waals surface area contributed by atoms with Crippen molar-refractivity contribution in [3.63, 3.8) is 0 Å². The fraction of sp³-hybridized carbons (Fsp3) is 0.615. The number of hydrogen-bond donors (Lipinski definition) is 1. The summed E-state index contributed by atoms with van der Waals surface area (Å²) in [4.78, 5) is 0.876. The maximum Gasteiger partial charge on any atom is 0.0973 e. The van der Waals surface area contributed by atoms with Crippen LogP contribution < -0.4 is 0 Å². The zero-order valence-corrected chi connectivity index (χ0v) is 12.4. The first-order valence-corrected chi connectivity index (χ1v) is 7.42. The second kappa shape index (κ2) is 6.25. The van der Waals surface area contributed by atoms with E-state index in [-0.39, 0.29) is 0 Å². The van der Waals surface area contributed by atoms with Crippen molar-refractivity contribution in [3.05, 3.63) is 28.5 Å². The lowest BCUT2D eigenvalue weighted by Crippen LogP contribution is -2.06.